The first-order chi connectivity index (χ1) is 13.6. The summed E-state index contributed by atoms with van der Waals surface area (Å²) in [4.78, 5) is 28.8. The number of carbonyl (C=O) groups is 2. The van der Waals surface area contributed by atoms with Crippen molar-refractivity contribution >= 4 is 40.5 Å². The van der Waals surface area contributed by atoms with Crippen molar-refractivity contribution in [2.75, 3.05) is 34.8 Å². The highest BCUT2D eigenvalue weighted by Crippen LogP contribution is 2.32. The third-order valence-corrected chi connectivity index (χ3v) is 5.65. The highest BCUT2D eigenvalue weighted by atomic mass is 35.5. The topological polar surface area (TPSA) is 52.7 Å². The fraction of sp³-hybridized carbons (Fsp3) is 0.364. The largest absolute Gasteiger partial charge is 0.370 e. The smallest absolute Gasteiger partial charge is 0.255 e. The molecule has 0 saturated carbocycles. The maximum atomic E-state index is 12.8. The summed E-state index contributed by atoms with van der Waals surface area (Å²) in [6, 6.07) is 12.8. The van der Waals surface area contributed by atoms with E-state index < -0.39 is 0 Å². The second-order valence-corrected chi connectivity index (χ2v) is 7.80. The summed E-state index contributed by atoms with van der Waals surface area (Å²) in [6.07, 6.45) is 5.04. The molecule has 2 heterocycles. The minimum Gasteiger partial charge on any atom is -0.370 e. The van der Waals surface area contributed by atoms with Crippen molar-refractivity contribution in [2.45, 2.75) is 32.1 Å². The van der Waals surface area contributed by atoms with Gasteiger partial charge in [0, 0.05) is 42.3 Å². The van der Waals surface area contributed by atoms with E-state index in [0.29, 0.717) is 17.0 Å². The van der Waals surface area contributed by atoms with Crippen LogP contribution in [0.4, 0.5) is 17.1 Å². The SMILES string of the molecule is O=C(Nc1cc(Cl)ccc1N1CCCCC1)c1ccc(N2CCCC2=O)cc1. The quantitative estimate of drug-likeness (QED) is 0.812. The lowest BCUT2D eigenvalue weighted by Gasteiger charge is -2.30. The van der Waals surface area contributed by atoms with Crippen LogP contribution < -0.4 is 15.1 Å². The molecule has 2 aromatic rings. The first kappa shape index (κ1) is 18.8. The normalized spacial score (nSPS) is 17.1. The van der Waals surface area contributed by atoms with Crippen LogP contribution >= 0.6 is 11.6 Å². The van der Waals surface area contributed by atoms with Gasteiger partial charge in [-0.1, -0.05) is 11.6 Å². The van der Waals surface area contributed by atoms with Crippen molar-refractivity contribution in [3.8, 4) is 0 Å². The highest BCUT2D eigenvalue weighted by Gasteiger charge is 2.22. The minimum atomic E-state index is -0.181. The standard InChI is InChI=1S/C22H24ClN3O2/c23-17-8-11-20(25-12-2-1-3-13-25)19(15-17)24-22(28)16-6-9-18(10-7-16)26-14-4-5-21(26)27/h6-11,15H,1-5,12-14H2,(H,24,28). The molecule has 28 heavy (non-hydrogen) atoms. The zero-order valence-corrected chi connectivity index (χ0v) is 16.5. The fourth-order valence-corrected chi connectivity index (χ4v) is 4.10. The maximum Gasteiger partial charge on any atom is 0.255 e. The second kappa shape index (κ2) is 8.23. The first-order valence-corrected chi connectivity index (χ1v) is 10.3. The van der Waals surface area contributed by atoms with E-state index in [4.69, 9.17) is 11.6 Å². The monoisotopic (exact) mass is 397 g/mol. The van der Waals surface area contributed by atoms with Gasteiger partial charge in [0.05, 0.1) is 11.4 Å². The third kappa shape index (κ3) is 3.99. The fourth-order valence-electron chi connectivity index (χ4n) is 3.93. The van der Waals surface area contributed by atoms with Crippen LogP contribution in [0, 0.1) is 0 Å². The number of hydrogen-bond donors (Lipinski definition) is 1. The van der Waals surface area contributed by atoms with Gasteiger partial charge >= 0.3 is 0 Å². The Balaban J connectivity index is 1.51. The van der Waals surface area contributed by atoms with Gasteiger partial charge in [0.25, 0.3) is 5.91 Å². The molecule has 5 nitrogen and oxygen atoms in total. The molecule has 146 valence electrons. The van der Waals surface area contributed by atoms with Gasteiger partial charge in [0.1, 0.15) is 0 Å². The number of hydrogen-bond acceptors (Lipinski definition) is 3. The van der Waals surface area contributed by atoms with Crippen LogP contribution in [0.15, 0.2) is 42.5 Å². The van der Waals surface area contributed by atoms with Crippen LogP contribution in [-0.4, -0.2) is 31.4 Å². The zero-order valence-electron chi connectivity index (χ0n) is 15.8. The number of halogens is 1. The van der Waals surface area contributed by atoms with E-state index in [1.54, 1.807) is 23.1 Å². The Labute approximate surface area is 170 Å². The Kier molecular flexibility index (Phi) is 5.53. The van der Waals surface area contributed by atoms with Gasteiger partial charge in [-0.3, -0.25) is 9.59 Å². The maximum absolute atomic E-state index is 12.8. The molecule has 2 aromatic carbocycles. The van der Waals surface area contributed by atoms with E-state index in [1.165, 1.54) is 6.42 Å². The van der Waals surface area contributed by atoms with E-state index in [2.05, 4.69) is 10.2 Å². The van der Waals surface area contributed by atoms with Gasteiger partial charge in [-0.15, -0.1) is 0 Å². The van der Waals surface area contributed by atoms with Gasteiger partial charge < -0.3 is 15.1 Å². The summed E-state index contributed by atoms with van der Waals surface area (Å²) >= 11 is 6.19. The molecule has 0 aromatic heterocycles. The van der Waals surface area contributed by atoms with Crippen molar-refractivity contribution < 1.29 is 9.59 Å². The first-order valence-electron chi connectivity index (χ1n) is 9.88. The van der Waals surface area contributed by atoms with E-state index in [1.807, 2.05) is 24.3 Å². The van der Waals surface area contributed by atoms with Crippen molar-refractivity contribution in [1.82, 2.24) is 0 Å². The number of nitrogens with zero attached hydrogens (tertiary/aromatic N) is 2. The van der Waals surface area contributed by atoms with E-state index in [9.17, 15) is 9.59 Å². The van der Waals surface area contributed by atoms with Gasteiger partial charge in [0.2, 0.25) is 5.91 Å². The molecule has 6 heteroatoms. The number of rotatable bonds is 4. The number of amides is 2. The third-order valence-electron chi connectivity index (χ3n) is 5.42. The molecule has 2 fully saturated rings. The number of piperidine rings is 1. The van der Waals surface area contributed by atoms with Crippen LogP contribution in [0.2, 0.25) is 5.02 Å². The van der Waals surface area contributed by atoms with E-state index in [0.717, 1.165) is 56.0 Å². The van der Waals surface area contributed by atoms with Crippen LogP contribution in [-0.2, 0) is 4.79 Å². The number of carbonyl (C=O) groups excluding carboxylic acids is 2. The summed E-state index contributed by atoms with van der Waals surface area (Å²) in [6.45, 7) is 2.72. The summed E-state index contributed by atoms with van der Waals surface area (Å²) in [5, 5.41) is 3.61. The Hall–Kier alpha value is -2.53. The molecule has 1 N–H and O–H groups in total. The molecule has 0 unspecified atom stereocenters. The Morgan fingerprint density at radius 1 is 0.929 bits per heavy atom. The lowest BCUT2D eigenvalue weighted by Crippen LogP contribution is -2.30. The van der Waals surface area contributed by atoms with Crippen molar-refractivity contribution in [2.24, 2.45) is 0 Å². The van der Waals surface area contributed by atoms with E-state index in [-0.39, 0.29) is 11.8 Å². The second-order valence-electron chi connectivity index (χ2n) is 7.36. The molecule has 0 spiro atoms. The zero-order chi connectivity index (χ0) is 19.5. The van der Waals surface area contributed by atoms with Crippen LogP contribution in [0.5, 0.6) is 0 Å². The Morgan fingerprint density at radius 2 is 1.68 bits per heavy atom. The van der Waals surface area contributed by atoms with Gasteiger partial charge in [-0.2, -0.15) is 0 Å². The predicted octanol–water partition coefficient (Wildman–Crippen LogP) is 4.71. The van der Waals surface area contributed by atoms with Gasteiger partial charge in [-0.05, 0) is 68.1 Å². The Bertz CT molecular complexity index is 876. The average molecular weight is 398 g/mol. The molecule has 2 aliphatic heterocycles. The molecule has 0 atom stereocenters. The molecule has 0 bridgehead atoms. The molecule has 2 aliphatic rings. The number of anilines is 3. The predicted molar refractivity (Wildman–Crippen MR) is 113 cm³/mol. The van der Waals surface area contributed by atoms with E-state index >= 15 is 0 Å². The lowest BCUT2D eigenvalue weighted by atomic mass is 10.1. The average Bonchev–Trinajstić information content (AvgIpc) is 3.15. The number of nitrogens with one attached hydrogen (secondary N) is 1. The van der Waals surface area contributed by atoms with Crippen LogP contribution in [0.3, 0.4) is 0 Å². The molecule has 0 radical (unpaired) electrons. The van der Waals surface area contributed by atoms with Crippen molar-refractivity contribution in [3.05, 3.63) is 53.1 Å². The Morgan fingerprint density at radius 3 is 2.36 bits per heavy atom. The molecule has 0 aliphatic carbocycles. The molecular weight excluding hydrogens is 374 g/mol. The molecule has 2 saturated heterocycles. The van der Waals surface area contributed by atoms with Crippen molar-refractivity contribution in [1.29, 1.82) is 0 Å². The molecule has 2 amide bonds. The summed E-state index contributed by atoms with van der Waals surface area (Å²) in [7, 11) is 0. The summed E-state index contributed by atoms with van der Waals surface area (Å²) in [5.74, 6) is -0.0397. The van der Waals surface area contributed by atoms with Crippen molar-refractivity contribution in [3.63, 3.8) is 0 Å². The van der Waals surface area contributed by atoms with Crippen LogP contribution in [0.25, 0.3) is 0 Å². The van der Waals surface area contributed by atoms with Crippen LogP contribution in [0.1, 0.15) is 42.5 Å². The number of benzene rings is 2. The summed E-state index contributed by atoms with van der Waals surface area (Å²) < 4.78 is 0. The molecule has 4 rings (SSSR count). The van der Waals surface area contributed by atoms with Gasteiger partial charge in [-0.25, -0.2) is 0 Å². The highest BCUT2D eigenvalue weighted by molar-refractivity contribution is 6.31. The minimum absolute atomic E-state index is 0.141. The summed E-state index contributed by atoms with van der Waals surface area (Å²) in [5.41, 5.74) is 3.14. The molecular formula is C22H24ClN3O2. The van der Waals surface area contributed by atoms with Gasteiger partial charge in [0.15, 0.2) is 0 Å². The lowest BCUT2D eigenvalue weighted by molar-refractivity contribution is -0.117.